The van der Waals surface area contributed by atoms with Crippen LogP contribution in [0.1, 0.15) is 11.1 Å². The van der Waals surface area contributed by atoms with E-state index in [-0.39, 0.29) is 18.8 Å². The molecule has 10 heteroatoms. The maximum absolute atomic E-state index is 11.3. The van der Waals surface area contributed by atoms with Gasteiger partial charge in [-0.1, -0.05) is 40.2 Å². The van der Waals surface area contributed by atoms with Gasteiger partial charge < -0.3 is 25.7 Å². The molecule has 4 atom stereocenters. The molecule has 1 aliphatic rings. The van der Waals surface area contributed by atoms with Crippen LogP contribution in [0.25, 0.3) is 0 Å². The fourth-order valence-electron chi connectivity index (χ4n) is 3.64. The van der Waals surface area contributed by atoms with Gasteiger partial charge in [-0.15, -0.1) is 0 Å². The Morgan fingerprint density at radius 1 is 1.13 bits per heavy atom. The zero-order chi connectivity index (χ0) is 21.8. The molecule has 162 valence electrons. The van der Waals surface area contributed by atoms with Crippen molar-refractivity contribution in [1.82, 2.24) is 4.90 Å². The van der Waals surface area contributed by atoms with E-state index >= 15 is 0 Å². The minimum Gasteiger partial charge on any atom is -0.395 e. The zero-order valence-corrected chi connectivity index (χ0v) is 17.6. The summed E-state index contributed by atoms with van der Waals surface area (Å²) in [7, 11) is 0. The Balaban J connectivity index is 1.70. The third-order valence-electron chi connectivity index (χ3n) is 5.23. The lowest BCUT2D eigenvalue weighted by molar-refractivity contribution is -0.384. The summed E-state index contributed by atoms with van der Waals surface area (Å²) in [6.07, 6.45) is -3.65. The largest absolute Gasteiger partial charge is 0.395 e. The molecule has 3 rings (SSSR count). The molecule has 0 spiro atoms. The van der Waals surface area contributed by atoms with Gasteiger partial charge >= 0.3 is 0 Å². The van der Waals surface area contributed by atoms with Crippen molar-refractivity contribution in [2.75, 3.05) is 18.5 Å². The summed E-state index contributed by atoms with van der Waals surface area (Å²) in [5, 5.41) is 53.9. The van der Waals surface area contributed by atoms with Gasteiger partial charge in [0.25, 0.3) is 5.69 Å². The number of rotatable bonds is 7. The minimum atomic E-state index is -1.30. The molecule has 0 aromatic heterocycles. The lowest BCUT2D eigenvalue weighted by Gasteiger charge is -2.43. The number of anilines is 1. The Hall–Kier alpha value is -2.08. The molecular formula is C20H24BrN3O6. The summed E-state index contributed by atoms with van der Waals surface area (Å²) in [6, 6.07) is 11.6. The lowest BCUT2D eigenvalue weighted by Crippen LogP contribution is -2.62. The number of hydrogen-bond acceptors (Lipinski definition) is 8. The second kappa shape index (κ2) is 9.82. The Kier molecular flexibility index (Phi) is 7.40. The van der Waals surface area contributed by atoms with E-state index in [2.05, 4.69) is 21.2 Å². The van der Waals surface area contributed by atoms with Crippen molar-refractivity contribution in [3.8, 4) is 0 Å². The molecule has 1 fully saturated rings. The topological polar surface area (TPSA) is 139 Å². The SMILES string of the molecule is O=[N+]([O-])c1cc(Br)ccc1NCc1cccc(CN2C[C@H](O)[C@@H](O)[C@H](O)[C@H]2CO)c1. The van der Waals surface area contributed by atoms with E-state index in [1.165, 1.54) is 6.07 Å². The fourth-order valence-corrected chi connectivity index (χ4v) is 3.98. The number of benzene rings is 2. The van der Waals surface area contributed by atoms with Crippen LogP contribution in [0.15, 0.2) is 46.9 Å². The maximum atomic E-state index is 11.3. The van der Waals surface area contributed by atoms with Crippen LogP contribution in [-0.4, -0.2) is 67.8 Å². The van der Waals surface area contributed by atoms with Gasteiger partial charge in [-0.3, -0.25) is 15.0 Å². The number of nitro benzene ring substituents is 1. The van der Waals surface area contributed by atoms with Crippen LogP contribution in [0.2, 0.25) is 0 Å². The number of nitro groups is 1. The van der Waals surface area contributed by atoms with E-state index in [4.69, 9.17) is 0 Å². The number of nitrogens with one attached hydrogen (secondary N) is 1. The molecule has 1 heterocycles. The molecule has 5 N–H and O–H groups in total. The van der Waals surface area contributed by atoms with Crippen molar-refractivity contribution in [2.45, 2.75) is 37.4 Å². The van der Waals surface area contributed by atoms with Gasteiger partial charge in [0.1, 0.15) is 17.9 Å². The van der Waals surface area contributed by atoms with Crippen molar-refractivity contribution in [1.29, 1.82) is 0 Å². The van der Waals surface area contributed by atoms with Gasteiger partial charge in [-0.25, -0.2) is 0 Å². The summed E-state index contributed by atoms with van der Waals surface area (Å²) >= 11 is 3.23. The third-order valence-corrected chi connectivity index (χ3v) is 5.73. The average Bonchev–Trinajstić information content (AvgIpc) is 2.71. The summed E-state index contributed by atoms with van der Waals surface area (Å²) in [4.78, 5) is 12.5. The standard InChI is InChI=1S/C20H24BrN3O6/c21-14-4-5-15(16(7-14)24(29)30)22-8-12-2-1-3-13(6-12)9-23-10-18(26)20(28)19(27)17(23)11-25/h1-7,17-20,22,25-28H,8-11H2/t17-,18+,19-,20-/m1/s1. The Labute approximate surface area is 181 Å². The first-order valence-corrected chi connectivity index (χ1v) is 10.2. The van der Waals surface area contributed by atoms with Crippen molar-refractivity contribution < 1.29 is 25.3 Å². The van der Waals surface area contributed by atoms with Gasteiger partial charge in [-0.2, -0.15) is 0 Å². The molecule has 2 aromatic carbocycles. The molecule has 2 aromatic rings. The second-order valence-electron chi connectivity index (χ2n) is 7.32. The summed E-state index contributed by atoms with van der Waals surface area (Å²) in [5.74, 6) is 0. The molecule has 30 heavy (non-hydrogen) atoms. The molecular weight excluding hydrogens is 458 g/mol. The van der Waals surface area contributed by atoms with Gasteiger partial charge in [0.05, 0.1) is 23.7 Å². The van der Waals surface area contributed by atoms with Crippen LogP contribution >= 0.6 is 15.9 Å². The highest BCUT2D eigenvalue weighted by atomic mass is 79.9. The predicted molar refractivity (Wildman–Crippen MR) is 114 cm³/mol. The molecule has 1 saturated heterocycles. The monoisotopic (exact) mass is 481 g/mol. The number of β-amino-alcohol motifs (C(OH)–C–C–N with tert-alkyl or cyclic N) is 1. The molecule has 0 radical (unpaired) electrons. The van der Waals surface area contributed by atoms with Crippen molar-refractivity contribution in [3.05, 3.63) is 68.2 Å². The van der Waals surface area contributed by atoms with E-state index in [1.54, 1.807) is 17.0 Å². The Morgan fingerprint density at radius 2 is 1.87 bits per heavy atom. The molecule has 0 aliphatic carbocycles. The van der Waals surface area contributed by atoms with Gasteiger partial charge in [0.2, 0.25) is 0 Å². The average molecular weight is 482 g/mol. The quantitative estimate of drug-likeness (QED) is 0.293. The second-order valence-corrected chi connectivity index (χ2v) is 8.24. The summed E-state index contributed by atoms with van der Waals surface area (Å²) < 4.78 is 0.621. The minimum absolute atomic E-state index is 0.0267. The van der Waals surface area contributed by atoms with Crippen molar-refractivity contribution in [2.24, 2.45) is 0 Å². The highest BCUT2D eigenvalue weighted by molar-refractivity contribution is 9.10. The van der Waals surface area contributed by atoms with Crippen LogP contribution < -0.4 is 5.32 Å². The van der Waals surface area contributed by atoms with E-state index in [0.29, 0.717) is 23.2 Å². The number of piperidine rings is 1. The fraction of sp³-hybridized carbons (Fsp3) is 0.400. The van der Waals surface area contributed by atoms with Crippen LogP contribution in [-0.2, 0) is 13.1 Å². The number of aliphatic hydroxyl groups excluding tert-OH is 4. The number of halogens is 1. The van der Waals surface area contributed by atoms with Crippen molar-refractivity contribution in [3.63, 3.8) is 0 Å². The molecule has 0 unspecified atom stereocenters. The van der Waals surface area contributed by atoms with E-state index < -0.39 is 29.3 Å². The Bertz CT molecular complexity index is 899. The first kappa shape index (κ1) is 22.6. The van der Waals surface area contributed by atoms with Crippen LogP contribution in [0.5, 0.6) is 0 Å². The smallest absolute Gasteiger partial charge is 0.293 e. The first-order valence-electron chi connectivity index (χ1n) is 9.45. The zero-order valence-electron chi connectivity index (χ0n) is 16.1. The highest BCUT2D eigenvalue weighted by Gasteiger charge is 2.40. The van der Waals surface area contributed by atoms with E-state index in [1.807, 2.05) is 24.3 Å². The Morgan fingerprint density at radius 3 is 2.57 bits per heavy atom. The van der Waals surface area contributed by atoms with Crippen LogP contribution in [0.3, 0.4) is 0 Å². The molecule has 0 saturated carbocycles. The number of likely N-dealkylation sites (tertiary alicyclic amines) is 1. The third kappa shape index (κ3) is 5.15. The normalized spacial score (nSPS) is 24.6. The van der Waals surface area contributed by atoms with Crippen LogP contribution in [0.4, 0.5) is 11.4 Å². The maximum Gasteiger partial charge on any atom is 0.293 e. The molecule has 0 bridgehead atoms. The van der Waals surface area contributed by atoms with Gasteiger partial charge in [0, 0.05) is 30.2 Å². The first-order chi connectivity index (χ1) is 14.3. The number of aliphatic hydroxyl groups is 4. The number of hydrogen-bond donors (Lipinski definition) is 5. The summed E-state index contributed by atoms with van der Waals surface area (Å²) in [5.41, 5.74) is 2.16. The lowest BCUT2D eigenvalue weighted by atomic mass is 9.93. The van der Waals surface area contributed by atoms with Crippen LogP contribution in [0, 0.1) is 10.1 Å². The van der Waals surface area contributed by atoms with Crippen molar-refractivity contribution >= 4 is 27.3 Å². The molecule has 1 aliphatic heterocycles. The summed E-state index contributed by atoms with van der Waals surface area (Å²) in [6.45, 7) is 0.499. The molecule has 9 nitrogen and oxygen atoms in total. The van der Waals surface area contributed by atoms with Gasteiger partial charge in [-0.05, 0) is 23.3 Å². The predicted octanol–water partition coefficient (Wildman–Crippen LogP) is 1.23. The highest BCUT2D eigenvalue weighted by Crippen LogP contribution is 2.28. The molecule has 0 amide bonds. The van der Waals surface area contributed by atoms with E-state index in [9.17, 15) is 30.5 Å². The number of nitrogens with zero attached hydrogens (tertiary/aromatic N) is 2. The van der Waals surface area contributed by atoms with Gasteiger partial charge in [0.15, 0.2) is 0 Å². The van der Waals surface area contributed by atoms with E-state index in [0.717, 1.165) is 11.1 Å².